The molecule has 0 aromatic heterocycles. The second kappa shape index (κ2) is 8.48. The zero-order valence-electron chi connectivity index (χ0n) is 14.4. The minimum Gasteiger partial charge on any atom is -0.366 e. The zero-order valence-corrected chi connectivity index (χ0v) is 15.2. The highest BCUT2D eigenvalue weighted by Crippen LogP contribution is 2.18. The van der Waals surface area contributed by atoms with Crippen LogP contribution in [0.15, 0.2) is 54.6 Å². The van der Waals surface area contributed by atoms with E-state index in [2.05, 4.69) is 5.32 Å². The Labute approximate surface area is 152 Å². The fourth-order valence-corrected chi connectivity index (χ4v) is 3.45. The minimum absolute atomic E-state index is 0.103. The number of primary amides is 1. The van der Waals surface area contributed by atoms with E-state index in [4.69, 9.17) is 5.73 Å². The van der Waals surface area contributed by atoms with Gasteiger partial charge in [-0.2, -0.15) is 0 Å². The van der Waals surface area contributed by atoms with Crippen molar-refractivity contribution in [2.45, 2.75) is 12.8 Å². The Bertz CT molecular complexity index is 882. The van der Waals surface area contributed by atoms with Gasteiger partial charge >= 0.3 is 0 Å². The second-order valence-corrected chi connectivity index (χ2v) is 7.64. The van der Waals surface area contributed by atoms with Gasteiger partial charge in [0.1, 0.15) is 0 Å². The molecule has 0 radical (unpaired) electrons. The summed E-state index contributed by atoms with van der Waals surface area (Å²) < 4.78 is 25.2. The van der Waals surface area contributed by atoms with E-state index >= 15 is 0 Å². The van der Waals surface area contributed by atoms with Crippen molar-refractivity contribution in [3.8, 4) is 0 Å². The van der Waals surface area contributed by atoms with Crippen LogP contribution in [0, 0.1) is 0 Å². The molecule has 0 unspecified atom stereocenters. The third-order valence-corrected chi connectivity index (χ3v) is 4.87. The lowest BCUT2D eigenvalue weighted by Gasteiger charge is -2.22. The largest absolute Gasteiger partial charge is 0.366 e. The van der Waals surface area contributed by atoms with Crippen molar-refractivity contribution < 1.29 is 18.0 Å². The van der Waals surface area contributed by atoms with Crippen LogP contribution >= 0.6 is 0 Å². The molecular formula is C18H21N3O4S. The molecule has 0 aliphatic carbocycles. The van der Waals surface area contributed by atoms with Crippen LogP contribution in [-0.4, -0.2) is 33.0 Å². The maximum Gasteiger partial charge on any atom is 0.250 e. The lowest BCUT2D eigenvalue weighted by Crippen LogP contribution is -2.31. The molecule has 2 aromatic rings. The highest BCUT2D eigenvalue weighted by molar-refractivity contribution is 7.92. The van der Waals surface area contributed by atoms with Crippen LogP contribution in [0.5, 0.6) is 0 Å². The van der Waals surface area contributed by atoms with E-state index in [1.807, 2.05) is 0 Å². The van der Waals surface area contributed by atoms with Crippen molar-refractivity contribution in [2.75, 3.05) is 22.4 Å². The van der Waals surface area contributed by atoms with Crippen LogP contribution < -0.4 is 15.4 Å². The first kappa shape index (κ1) is 19.5. The Hall–Kier alpha value is -2.87. The van der Waals surface area contributed by atoms with Gasteiger partial charge in [0.05, 0.1) is 23.2 Å². The summed E-state index contributed by atoms with van der Waals surface area (Å²) in [6.07, 6.45) is 1.56. The number of hydrogen-bond donors (Lipinski definition) is 2. The average Bonchev–Trinajstić information content (AvgIpc) is 2.58. The third-order valence-electron chi connectivity index (χ3n) is 3.68. The van der Waals surface area contributed by atoms with E-state index < -0.39 is 15.9 Å². The van der Waals surface area contributed by atoms with Gasteiger partial charge in [-0.05, 0) is 30.7 Å². The van der Waals surface area contributed by atoms with E-state index in [-0.39, 0.29) is 24.4 Å². The minimum atomic E-state index is -3.45. The predicted molar refractivity (Wildman–Crippen MR) is 101 cm³/mol. The number of hydrogen-bond acceptors (Lipinski definition) is 4. The number of rotatable bonds is 8. The van der Waals surface area contributed by atoms with Crippen molar-refractivity contribution in [1.29, 1.82) is 0 Å². The molecule has 0 spiro atoms. The summed E-state index contributed by atoms with van der Waals surface area (Å²) in [6.45, 7) is 0.174. The van der Waals surface area contributed by atoms with Crippen LogP contribution in [0.25, 0.3) is 0 Å². The number of carbonyl (C=O) groups is 2. The molecule has 0 fully saturated rings. The first-order valence-electron chi connectivity index (χ1n) is 8.00. The van der Waals surface area contributed by atoms with Crippen molar-refractivity contribution >= 4 is 33.2 Å². The fraction of sp³-hybridized carbons (Fsp3) is 0.222. The monoisotopic (exact) mass is 375 g/mol. The summed E-state index contributed by atoms with van der Waals surface area (Å²) in [5.41, 5.74) is 6.39. The Morgan fingerprint density at radius 1 is 1.04 bits per heavy atom. The summed E-state index contributed by atoms with van der Waals surface area (Å²) in [4.78, 5) is 23.5. The molecule has 0 bridgehead atoms. The van der Waals surface area contributed by atoms with Gasteiger partial charge in [0.25, 0.3) is 5.91 Å². The van der Waals surface area contributed by atoms with E-state index in [1.165, 1.54) is 10.4 Å². The van der Waals surface area contributed by atoms with Crippen LogP contribution in [0.2, 0.25) is 0 Å². The molecule has 0 saturated carbocycles. The highest BCUT2D eigenvalue weighted by atomic mass is 32.2. The molecule has 0 atom stereocenters. The van der Waals surface area contributed by atoms with E-state index in [1.54, 1.807) is 48.5 Å². The topological polar surface area (TPSA) is 110 Å². The van der Waals surface area contributed by atoms with Gasteiger partial charge in [-0.1, -0.05) is 30.3 Å². The van der Waals surface area contributed by atoms with E-state index in [0.717, 1.165) is 6.26 Å². The normalized spacial score (nSPS) is 11.0. The highest BCUT2D eigenvalue weighted by Gasteiger charge is 2.17. The molecule has 0 aliphatic rings. The van der Waals surface area contributed by atoms with Gasteiger partial charge in [0.15, 0.2) is 0 Å². The van der Waals surface area contributed by atoms with Gasteiger partial charge in [-0.15, -0.1) is 0 Å². The molecule has 2 aromatic carbocycles. The van der Waals surface area contributed by atoms with Crippen LogP contribution in [-0.2, 0) is 14.8 Å². The summed E-state index contributed by atoms with van der Waals surface area (Å²) in [7, 11) is -3.45. The second-order valence-electron chi connectivity index (χ2n) is 5.73. The lowest BCUT2D eigenvalue weighted by molar-refractivity contribution is -0.116. The molecular weight excluding hydrogens is 354 g/mol. The Morgan fingerprint density at radius 3 is 2.27 bits per heavy atom. The molecule has 0 aliphatic heterocycles. The predicted octanol–water partition coefficient (Wildman–Crippen LogP) is 1.97. The number of nitrogens with zero attached hydrogens (tertiary/aromatic N) is 1. The van der Waals surface area contributed by atoms with Crippen LogP contribution in [0.1, 0.15) is 23.2 Å². The van der Waals surface area contributed by atoms with Gasteiger partial charge < -0.3 is 11.1 Å². The molecule has 2 rings (SSSR count). The van der Waals surface area contributed by atoms with Gasteiger partial charge in [0, 0.05) is 13.0 Å². The summed E-state index contributed by atoms with van der Waals surface area (Å²) in [5, 5.41) is 2.64. The SMILES string of the molecule is CS(=O)(=O)N(CCCC(=O)Nc1ccccc1C(N)=O)c1ccccc1. The van der Waals surface area contributed by atoms with E-state index in [9.17, 15) is 18.0 Å². The standard InChI is InChI=1S/C18H21N3O4S/c1-26(24,25)21(14-8-3-2-4-9-14)13-7-12-17(22)20-16-11-6-5-10-15(16)18(19)23/h2-6,8-11H,7,12-13H2,1H3,(H2,19,23)(H,20,22). The first-order valence-corrected chi connectivity index (χ1v) is 9.85. The van der Waals surface area contributed by atoms with Gasteiger partial charge in [-0.3, -0.25) is 13.9 Å². The average molecular weight is 375 g/mol. The maximum atomic E-state index is 12.1. The molecule has 7 nitrogen and oxygen atoms in total. The molecule has 26 heavy (non-hydrogen) atoms. The molecule has 2 amide bonds. The Morgan fingerprint density at radius 2 is 1.65 bits per heavy atom. The Kier molecular flexibility index (Phi) is 6.35. The smallest absolute Gasteiger partial charge is 0.250 e. The Balaban J connectivity index is 1.98. The fourth-order valence-electron chi connectivity index (χ4n) is 2.48. The number of nitrogens with one attached hydrogen (secondary N) is 1. The van der Waals surface area contributed by atoms with Crippen molar-refractivity contribution in [1.82, 2.24) is 0 Å². The number of carbonyl (C=O) groups excluding carboxylic acids is 2. The zero-order chi connectivity index (χ0) is 19.2. The van der Waals surface area contributed by atoms with Crippen molar-refractivity contribution in [3.05, 3.63) is 60.2 Å². The summed E-state index contributed by atoms with van der Waals surface area (Å²) in [6, 6.07) is 15.1. The van der Waals surface area contributed by atoms with Crippen LogP contribution in [0.3, 0.4) is 0 Å². The van der Waals surface area contributed by atoms with E-state index in [0.29, 0.717) is 17.8 Å². The molecule has 0 heterocycles. The van der Waals surface area contributed by atoms with Gasteiger partial charge in [0.2, 0.25) is 15.9 Å². The number of nitrogens with two attached hydrogens (primary N) is 1. The lowest BCUT2D eigenvalue weighted by atomic mass is 10.1. The number of para-hydroxylation sites is 2. The van der Waals surface area contributed by atoms with Crippen molar-refractivity contribution in [3.63, 3.8) is 0 Å². The summed E-state index contributed by atoms with van der Waals surface area (Å²) in [5.74, 6) is -0.951. The molecule has 3 N–H and O–H groups in total. The molecule has 8 heteroatoms. The quantitative estimate of drug-likeness (QED) is 0.735. The van der Waals surface area contributed by atoms with Crippen molar-refractivity contribution in [2.24, 2.45) is 5.73 Å². The first-order chi connectivity index (χ1) is 12.3. The number of anilines is 2. The van der Waals surface area contributed by atoms with Gasteiger partial charge in [-0.25, -0.2) is 8.42 Å². The molecule has 138 valence electrons. The number of benzene rings is 2. The maximum absolute atomic E-state index is 12.1. The number of sulfonamides is 1. The molecule has 0 saturated heterocycles. The van der Waals surface area contributed by atoms with Crippen LogP contribution in [0.4, 0.5) is 11.4 Å². The third kappa shape index (κ3) is 5.32. The number of amides is 2. The summed E-state index contributed by atoms with van der Waals surface area (Å²) >= 11 is 0.